The van der Waals surface area contributed by atoms with Gasteiger partial charge in [0.2, 0.25) is 0 Å². The summed E-state index contributed by atoms with van der Waals surface area (Å²) in [6, 6.07) is 14.0. The minimum absolute atomic E-state index is 0.156. The van der Waals surface area contributed by atoms with Crippen molar-refractivity contribution in [3.8, 4) is 0 Å². The first kappa shape index (κ1) is 16.1. The summed E-state index contributed by atoms with van der Waals surface area (Å²) in [6.07, 6.45) is 0. The third-order valence-corrected chi connectivity index (χ3v) is 4.47. The molecule has 2 N–H and O–H groups in total. The summed E-state index contributed by atoms with van der Waals surface area (Å²) in [7, 11) is 0. The van der Waals surface area contributed by atoms with E-state index in [0.717, 1.165) is 11.3 Å². The van der Waals surface area contributed by atoms with Crippen molar-refractivity contribution in [2.45, 2.75) is 13.8 Å². The summed E-state index contributed by atoms with van der Waals surface area (Å²) in [4.78, 5) is 17.2. The van der Waals surface area contributed by atoms with E-state index in [1.165, 1.54) is 23.5 Å². The number of para-hydroxylation sites is 1. The predicted octanol–water partition coefficient (Wildman–Crippen LogP) is 4.89. The lowest BCUT2D eigenvalue weighted by atomic mass is 10.2. The normalized spacial score (nSPS) is 10.5. The first-order valence-corrected chi connectivity index (χ1v) is 8.21. The van der Waals surface area contributed by atoms with Crippen molar-refractivity contribution in [3.05, 3.63) is 70.5 Å². The highest BCUT2D eigenvalue weighted by atomic mass is 32.1. The zero-order chi connectivity index (χ0) is 17.1. The fourth-order valence-corrected chi connectivity index (χ4v) is 3.13. The number of carbonyl (C=O) groups is 1. The Kier molecular flexibility index (Phi) is 4.57. The smallest absolute Gasteiger partial charge is 0.267 e. The highest BCUT2D eigenvalue weighted by Crippen LogP contribution is 2.27. The second-order valence-corrected chi connectivity index (χ2v) is 6.36. The molecule has 6 heteroatoms. The molecule has 1 heterocycles. The van der Waals surface area contributed by atoms with Gasteiger partial charge in [0.25, 0.3) is 5.91 Å². The molecule has 0 spiro atoms. The Labute approximate surface area is 143 Å². The Balaban J connectivity index is 1.78. The predicted molar refractivity (Wildman–Crippen MR) is 95.7 cm³/mol. The molecule has 1 amide bonds. The van der Waals surface area contributed by atoms with Crippen LogP contribution in [0.25, 0.3) is 0 Å². The fourth-order valence-electron chi connectivity index (χ4n) is 2.25. The van der Waals surface area contributed by atoms with E-state index in [0.29, 0.717) is 15.7 Å². The monoisotopic (exact) mass is 341 g/mol. The average Bonchev–Trinajstić information content (AvgIpc) is 2.90. The zero-order valence-electron chi connectivity index (χ0n) is 13.3. The van der Waals surface area contributed by atoms with E-state index >= 15 is 0 Å². The van der Waals surface area contributed by atoms with Gasteiger partial charge >= 0.3 is 0 Å². The lowest BCUT2D eigenvalue weighted by Gasteiger charge is -2.04. The number of nitrogens with zero attached hydrogens (tertiary/aromatic N) is 1. The van der Waals surface area contributed by atoms with E-state index in [9.17, 15) is 9.18 Å². The van der Waals surface area contributed by atoms with Crippen molar-refractivity contribution in [2.75, 3.05) is 10.6 Å². The number of thiazole rings is 1. The summed E-state index contributed by atoms with van der Waals surface area (Å²) in [5, 5.41) is 6.39. The van der Waals surface area contributed by atoms with Crippen molar-refractivity contribution >= 4 is 33.8 Å². The first-order chi connectivity index (χ1) is 11.5. The SMILES string of the molecule is Cc1cccc(Nc2nc(C)c(C(=O)Nc3ccccc3F)s2)c1. The highest BCUT2D eigenvalue weighted by Gasteiger charge is 2.16. The van der Waals surface area contributed by atoms with Crippen LogP contribution in [0.15, 0.2) is 48.5 Å². The Morgan fingerprint density at radius 3 is 2.67 bits per heavy atom. The second kappa shape index (κ2) is 6.80. The molecule has 1 aromatic heterocycles. The second-order valence-electron chi connectivity index (χ2n) is 5.36. The van der Waals surface area contributed by atoms with Gasteiger partial charge in [0.1, 0.15) is 10.7 Å². The van der Waals surface area contributed by atoms with Gasteiger partial charge in [-0.2, -0.15) is 0 Å². The van der Waals surface area contributed by atoms with Gasteiger partial charge in [0.05, 0.1) is 11.4 Å². The van der Waals surface area contributed by atoms with Crippen LogP contribution in [0.5, 0.6) is 0 Å². The number of aromatic nitrogens is 1. The van der Waals surface area contributed by atoms with E-state index in [1.54, 1.807) is 19.1 Å². The molecule has 3 rings (SSSR count). The van der Waals surface area contributed by atoms with Crippen LogP contribution in [0.1, 0.15) is 20.9 Å². The number of amides is 1. The lowest BCUT2D eigenvalue weighted by molar-refractivity contribution is 0.102. The van der Waals surface area contributed by atoms with Gasteiger partial charge in [-0.25, -0.2) is 9.37 Å². The van der Waals surface area contributed by atoms with Crippen LogP contribution in [0.4, 0.5) is 20.9 Å². The van der Waals surface area contributed by atoms with E-state index < -0.39 is 5.82 Å². The average molecular weight is 341 g/mol. The van der Waals surface area contributed by atoms with Gasteiger partial charge in [-0.05, 0) is 43.7 Å². The number of hydrogen-bond donors (Lipinski definition) is 2. The Morgan fingerprint density at radius 1 is 1.12 bits per heavy atom. The molecule has 0 aliphatic rings. The van der Waals surface area contributed by atoms with Crippen LogP contribution in [0, 0.1) is 19.7 Å². The van der Waals surface area contributed by atoms with Crippen molar-refractivity contribution in [1.29, 1.82) is 0 Å². The molecule has 4 nitrogen and oxygen atoms in total. The molecule has 0 fully saturated rings. The van der Waals surface area contributed by atoms with Crippen molar-refractivity contribution < 1.29 is 9.18 Å². The van der Waals surface area contributed by atoms with Gasteiger partial charge < -0.3 is 10.6 Å². The van der Waals surface area contributed by atoms with E-state index in [1.807, 2.05) is 31.2 Å². The molecule has 122 valence electrons. The number of halogens is 1. The molecule has 0 aliphatic heterocycles. The molecule has 24 heavy (non-hydrogen) atoms. The largest absolute Gasteiger partial charge is 0.332 e. The number of carbonyl (C=O) groups excluding carboxylic acids is 1. The minimum atomic E-state index is -0.467. The fraction of sp³-hybridized carbons (Fsp3) is 0.111. The Hall–Kier alpha value is -2.73. The van der Waals surface area contributed by atoms with Gasteiger partial charge in [-0.1, -0.05) is 35.6 Å². The number of nitrogens with one attached hydrogen (secondary N) is 2. The van der Waals surface area contributed by atoms with Crippen LogP contribution in [0.2, 0.25) is 0 Å². The molecule has 0 unspecified atom stereocenters. The van der Waals surface area contributed by atoms with Crippen molar-refractivity contribution in [2.24, 2.45) is 0 Å². The molecular weight excluding hydrogens is 325 g/mol. The summed E-state index contributed by atoms with van der Waals surface area (Å²) in [5.41, 5.74) is 2.79. The zero-order valence-corrected chi connectivity index (χ0v) is 14.1. The minimum Gasteiger partial charge on any atom is -0.332 e. The molecule has 0 aliphatic carbocycles. The van der Waals surface area contributed by atoms with Crippen LogP contribution in [0.3, 0.4) is 0 Å². The molecule has 0 saturated carbocycles. The summed E-state index contributed by atoms with van der Waals surface area (Å²) in [6.45, 7) is 3.76. The van der Waals surface area contributed by atoms with E-state index in [-0.39, 0.29) is 11.6 Å². The molecule has 0 radical (unpaired) electrons. The van der Waals surface area contributed by atoms with Gasteiger partial charge in [0, 0.05) is 5.69 Å². The van der Waals surface area contributed by atoms with Gasteiger partial charge in [-0.3, -0.25) is 4.79 Å². The Bertz CT molecular complexity index is 891. The van der Waals surface area contributed by atoms with E-state index in [4.69, 9.17) is 0 Å². The molecule has 0 saturated heterocycles. The number of benzene rings is 2. The van der Waals surface area contributed by atoms with Crippen LogP contribution >= 0.6 is 11.3 Å². The maximum Gasteiger partial charge on any atom is 0.267 e. The number of anilines is 3. The summed E-state index contributed by atoms with van der Waals surface area (Å²) < 4.78 is 13.7. The first-order valence-electron chi connectivity index (χ1n) is 7.40. The summed E-state index contributed by atoms with van der Waals surface area (Å²) >= 11 is 1.24. The topological polar surface area (TPSA) is 54.0 Å². The molecule has 3 aromatic rings. The maximum absolute atomic E-state index is 13.7. The van der Waals surface area contributed by atoms with Crippen molar-refractivity contribution in [3.63, 3.8) is 0 Å². The van der Waals surface area contributed by atoms with Crippen LogP contribution in [-0.2, 0) is 0 Å². The van der Waals surface area contributed by atoms with E-state index in [2.05, 4.69) is 15.6 Å². The van der Waals surface area contributed by atoms with Gasteiger partial charge in [0.15, 0.2) is 5.13 Å². The molecular formula is C18H16FN3OS. The quantitative estimate of drug-likeness (QED) is 0.710. The molecule has 0 bridgehead atoms. The van der Waals surface area contributed by atoms with Gasteiger partial charge in [-0.15, -0.1) is 0 Å². The van der Waals surface area contributed by atoms with Crippen LogP contribution in [-0.4, -0.2) is 10.9 Å². The number of aryl methyl sites for hydroxylation is 2. The third kappa shape index (κ3) is 3.60. The number of rotatable bonds is 4. The maximum atomic E-state index is 13.7. The standard InChI is InChI=1S/C18H16FN3OS/c1-11-6-5-7-13(10-11)21-18-20-12(2)16(24-18)17(23)22-15-9-4-3-8-14(15)19/h3-10H,1-2H3,(H,20,21)(H,22,23). The Morgan fingerprint density at radius 2 is 1.92 bits per heavy atom. The molecule has 0 atom stereocenters. The third-order valence-electron chi connectivity index (χ3n) is 3.39. The summed E-state index contributed by atoms with van der Waals surface area (Å²) in [5.74, 6) is -0.835. The molecule has 2 aromatic carbocycles. The number of hydrogen-bond acceptors (Lipinski definition) is 4. The lowest BCUT2D eigenvalue weighted by Crippen LogP contribution is -2.12. The van der Waals surface area contributed by atoms with Crippen LogP contribution < -0.4 is 10.6 Å². The highest BCUT2D eigenvalue weighted by molar-refractivity contribution is 7.17. The van der Waals surface area contributed by atoms with Crippen molar-refractivity contribution in [1.82, 2.24) is 4.98 Å².